The van der Waals surface area contributed by atoms with E-state index < -0.39 is 0 Å². The molecule has 0 aliphatic heterocycles. The predicted octanol–water partition coefficient (Wildman–Crippen LogP) is 4.17. The highest BCUT2D eigenvalue weighted by atomic mass is 79.9. The lowest BCUT2D eigenvalue weighted by atomic mass is 10.1. The summed E-state index contributed by atoms with van der Waals surface area (Å²) in [5, 5.41) is 9.92. The van der Waals surface area contributed by atoms with Crippen LogP contribution in [0, 0.1) is 0 Å². The van der Waals surface area contributed by atoms with E-state index in [0.717, 1.165) is 27.0 Å². The van der Waals surface area contributed by atoms with Gasteiger partial charge in [0.15, 0.2) is 0 Å². The number of aryl methyl sites for hydroxylation is 1. The predicted molar refractivity (Wildman–Crippen MR) is 98.6 cm³/mol. The Morgan fingerprint density at radius 2 is 1.96 bits per heavy atom. The Morgan fingerprint density at radius 1 is 1.17 bits per heavy atom. The quantitative estimate of drug-likeness (QED) is 0.708. The van der Waals surface area contributed by atoms with Gasteiger partial charge in [0.2, 0.25) is 0 Å². The van der Waals surface area contributed by atoms with E-state index in [1.165, 1.54) is 0 Å². The summed E-state index contributed by atoms with van der Waals surface area (Å²) in [6.45, 7) is 0.486. The molecule has 0 aliphatic rings. The summed E-state index contributed by atoms with van der Waals surface area (Å²) in [5.41, 5.74) is 3.72. The SMILES string of the molecule is Cn1ncc(Br)c1-c1cccc(NC(=O)NCc2ccccc2)c1. The van der Waals surface area contributed by atoms with Crippen LogP contribution in [0.15, 0.2) is 65.3 Å². The van der Waals surface area contributed by atoms with Crippen molar-refractivity contribution in [3.63, 3.8) is 0 Å². The molecule has 24 heavy (non-hydrogen) atoms. The number of urea groups is 1. The third-order valence-electron chi connectivity index (χ3n) is 3.58. The first-order valence-corrected chi connectivity index (χ1v) is 8.29. The largest absolute Gasteiger partial charge is 0.334 e. The second-order valence-corrected chi connectivity index (χ2v) is 6.19. The van der Waals surface area contributed by atoms with Gasteiger partial charge in [0.1, 0.15) is 0 Å². The van der Waals surface area contributed by atoms with Gasteiger partial charge in [0, 0.05) is 24.8 Å². The van der Waals surface area contributed by atoms with Gasteiger partial charge in [-0.2, -0.15) is 5.10 Å². The smallest absolute Gasteiger partial charge is 0.319 e. The second-order valence-electron chi connectivity index (χ2n) is 5.34. The Labute approximate surface area is 148 Å². The molecule has 0 saturated carbocycles. The lowest BCUT2D eigenvalue weighted by Gasteiger charge is -2.10. The molecule has 0 aliphatic carbocycles. The van der Waals surface area contributed by atoms with Crippen LogP contribution in [0.3, 0.4) is 0 Å². The summed E-state index contributed by atoms with van der Waals surface area (Å²) in [6.07, 6.45) is 1.75. The molecule has 2 N–H and O–H groups in total. The van der Waals surface area contributed by atoms with Gasteiger partial charge in [0.05, 0.1) is 16.4 Å². The maximum atomic E-state index is 12.1. The topological polar surface area (TPSA) is 59.0 Å². The Bertz CT molecular complexity index is 826. The number of benzene rings is 2. The third-order valence-corrected chi connectivity index (χ3v) is 4.16. The number of carbonyl (C=O) groups excluding carboxylic acids is 1. The van der Waals surface area contributed by atoms with E-state index in [4.69, 9.17) is 0 Å². The summed E-state index contributed by atoms with van der Waals surface area (Å²) in [6, 6.07) is 17.2. The first kappa shape index (κ1) is 16.3. The summed E-state index contributed by atoms with van der Waals surface area (Å²) in [7, 11) is 1.88. The van der Waals surface area contributed by atoms with Crippen molar-refractivity contribution in [2.75, 3.05) is 5.32 Å². The van der Waals surface area contributed by atoms with Gasteiger partial charge in [-0.1, -0.05) is 42.5 Å². The molecule has 0 unspecified atom stereocenters. The second kappa shape index (κ2) is 7.31. The molecular weight excluding hydrogens is 368 g/mol. The van der Waals surface area contributed by atoms with Gasteiger partial charge in [-0.15, -0.1) is 0 Å². The van der Waals surface area contributed by atoms with Crippen LogP contribution in [0.1, 0.15) is 5.56 Å². The van der Waals surface area contributed by atoms with Gasteiger partial charge < -0.3 is 10.6 Å². The fraction of sp³-hybridized carbons (Fsp3) is 0.111. The van der Waals surface area contributed by atoms with E-state index >= 15 is 0 Å². The molecule has 0 spiro atoms. The first-order chi connectivity index (χ1) is 11.6. The Morgan fingerprint density at radius 3 is 2.67 bits per heavy atom. The molecule has 0 atom stereocenters. The molecule has 3 aromatic rings. The Balaban J connectivity index is 1.67. The monoisotopic (exact) mass is 384 g/mol. The number of carbonyl (C=O) groups is 1. The van der Waals surface area contributed by atoms with Crippen molar-refractivity contribution in [1.82, 2.24) is 15.1 Å². The number of halogens is 1. The molecule has 3 rings (SSSR count). The number of rotatable bonds is 4. The zero-order valence-corrected chi connectivity index (χ0v) is 14.7. The summed E-state index contributed by atoms with van der Waals surface area (Å²) in [4.78, 5) is 12.1. The van der Waals surface area contributed by atoms with E-state index in [9.17, 15) is 4.79 Å². The van der Waals surface area contributed by atoms with Crippen molar-refractivity contribution < 1.29 is 4.79 Å². The zero-order chi connectivity index (χ0) is 16.9. The fourth-order valence-electron chi connectivity index (χ4n) is 2.43. The van der Waals surface area contributed by atoms with Gasteiger partial charge in [-0.05, 0) is 33.6 Å². The standard InChI is InChI=1S/C18H17BrN4O/c1-23-17(16(19)12-21-23)14-8-5-9-15(10-14)22-18(24)20-11-13-6-3-2-4-7-13/h2-10,12H,11H2,1H3,(H2,20,22,24). The molecule has 1 heterocycles. The number of nitrogens with zero attached hydrogens (tertiary/aromatic N) is 2. The molecule has 6 heteroatoms. The van der Waals surface area contributed by atoms with Crippen LogP contribution in [-0.4, -0.2) is 15.8 Å². The van der Waals surface area contributed by atoms with E-state index in [0.29, 0.717) is 6.54 Å². The van der Waals surface area contributed by atoms with Gasteiger partial charge in [-0.3, -0.25) is 4.68 Å². The minimum Gasteiger partial charge on any atom is -0.334 e. The molecule has 1 aromatic heterocycles. The molecule has 0 saturated heterocycles. The van der Waals surface area contributed by atoms with Gasteiger partial charge in [-0.25, -0.2) is 4.79 Å². The number of hydrogen-bond donors (Lipinski definition) is 2. The average Bonchev–Trinajstić information content (AvgIpc) is 2.93. The lowest BCUT2D eigenvalue weighted by molar-refractivity contribution is 0.251. The molecule has 5 nitrogen and oxygen atoms in total. The van der Waals surface area contributed by atoms with Crippen LogP contribution in [-0.2, 0) is 13.6 Å². The summed E-state index contributed by atoms with van der Waals surface area (Å²) < 4.78 is 2.70. The lowest BCUT2D eigenvalue weighted by Crippen LogP contribution is -2.28. The van der Waals surface area contributed by atoms with Gasteiger partial charge in [0.25, 0.3) is 0 Å². The third kappa shape index (κ3) is 3.83. The molecule has 2 amide bonds. The van der Waals surface area contributed by atoms with Crippen molar-refractivity contribution in [3.05, 3.63) is 70.8 Å². The van der Waals surface area contributed by atoms with E-state index in [-0.39, 0.29) is 6.03 Å². The van der Waals surface area contributed by atoms with Crippen molar-refractivity contribution >= 4 is 27.6 Å². The molecule has 0 radical (unpaired) electrons. The highest BCUT2D eigenvalue weighted by Crippen LogP contribution is 2.29. The maximum Gasteiger partial charge on any atom is 0.319 e. The summed E-state index contributed by atoms with van der Waals surface area (Å²) in [5.74, 6) is 0. The fourth-order valence-corrected chi connectivity index (χ4v) is 3.01. The van der Waals surface area contributed by atoms with Crippen LogP contribution in [0.5, 0.6) is 0 Å². The van der Waals surface area contributed by atoms with E-state index in [2.05, 4.69) is 31.7 Å². The average molecular weight is 385 g/mol. The van der Waals surface area contributed by atoms with Crippen LogP contribution < -0.4 is 10.6 Å². The van der Waals surface area contributed by atoms with Crippen molar-refractivity contribution in [1.29, 1.82) is 0 Å². The zero-order valence-electron chi connectivity index (χ0n) is 13.2. The van der Waals surface area contributed by atoms with E-state index in [1.807, 2.05) is 61.6 Å². The minimum absolute atomic E-state index is 0.236. The minimum atomic E-state index is -0.236. The highest BCUT2D eigenvalue weighted by molar-refractivity contribution is 9.10. The Hall–Kier alpha value is -2.60. The molecular formula is C18H17BrN4O. The summed E-state index contributed by atoms with van der Waals surface area (Å²) >= 11 is 3.50. The molecule has 0 fully saturated rings. The highest BCUT2D eigenvalue weighted by Gasteiger charge is 2.10. The van der Waals surface area contributed by atoms with Crippen LogP contribution in [0.4, 0.5) is 10.5 Å². The number of hydrogen-bond acceptors (Lipinski definition) is 2. The van der Waals surface area contributed by atoms with Crippen LogP contribution in [0.25, 0.3) is 11.3 Å². The number of nitrogens with one attached hydrogen (secondary N) is 2. The number of amides is 2. The number of aromatic nitrogens is 2. The first-order valence-electron chi connectivity index (χ1n) is 7.50. The van der Waals surface area contributed by atoms with Crippen LogP contribution >= 0.6 is 15.9 Å². The molecule has 2 aromatic carbocycles. The van der Waals surface area contributed by atoms with Crippen LogP contribution in [0.2, 0.25) is 0 Å². The van der Waals surface area contributed by atoms with Crippen molar-refractivity contribution in [2.45, 2.75) is 6.54 Å². The molecule has 0 bridgehead atoms. The van der Waals surface area contributed by atoms with Gasteiger partial charge >= 0.3 is 6.03 Å². The van der Waals surface area contributed by atoms with Crippen molar-refractivity contribution in [3.8, 4) is 11.3 Å². The van der Waals surface area contributed by atoms with Crippen molar-refractivity contribution in [2.24, 2.45) is 7.05 Å². The maximum absolute atomic E-state index is 12.1. The van der Waals surface area contributed by atoms with E-state index in [1.54, 1.807) is 10.9 Å². The normalized spacial score (nSPS) is 10.4. The molecule has 122 valence electrons. The Kier molecular flexibility index (Phi) is 4.96. The number of anilines is 1.